The van der Waals surface area contributed by atoms with Crippen LogP contribution < -0.4 is 10.6 Å². The number of hydrogen-bond acceptors (Lipinski definition) is 3. The lowest BCUT2D eigenvalue weighted by atomic mass is 9.77. The van der Waals surface area contributed by atoms with Crippen LogP contribution in [0.25, 0.3) is 11.1 Å². The Morgan fingerprint density at radius 1 is 1.21 bits per heavy atom. The zero-order valence-corrected chi connectivity index (χ0v) is 18.6. The Labute approximate surface area is 190 Å². The minimum Gasteiger partial charge on any atom is -0.369 e. The molecule has 4 atom stereocenters. The molecule has 8 heteroatoms. The smallest absolute Gasteiger partial charge is 0.246 e. The first-order chi connectivity index (χ1) is 15.7. The molecule has 1 saturated carbocycles. The van der Waals surface area contributed by atoms with E-state index >= 15 is 4.39 Å². The average Bonchev–Trinajstić information content (AvgIpc) is 2.99. The molecule has 3 unspecified atom stereocenters. The molecular weight excluding hydrogens is 433 g/mol. The van der Waals surface area contributed by atoms with E-state index in [1.54, 1.807) is 12.1 Å². The number of carbonyl (C=O) groups excluding carboxylic acids is 2. The second-order valence-corrected chi connectivity index (χ2v) is 9.05. The summed E-state index contributed by atoms with van der Waals surface area (Å²) in [5.41, 5.74) is -0.317. The van der Waals surface area contributed by atoms with E-state index in [9.17, 15) is 18.4 Å². The van der Waals surface area contributed by atoms with Crippen molar-refractivity contribution in [2.24, 2.45) is 17.8 Å². The SMILES string of the molecule is CCNC(=O)C1C(Cc2cccc(-c3cc(F)cc(F)c3)c2F)C2(COCC(=O)N2)C[C@H]1C. The number of hydrogen-bond donors (Lipinski definition) is 2. The van der Waals surface area contributed by atoms with Crippen molar-refractivity contribution in [1.82, 2.24) is 10.6 Å². The summed E-state index contributed by atoms with van der Waals surface area (Å²) in [7, 11) is 0. The molecule has 0 radical (unpaired) electrons. The summed E-state index contributed by atoms with van der Waals surface area (Å²) in [6.45, 7) is 4.42. The Morgan fingerprint density at radius 2 is 1.94 bits per heavy atom. The number of rotatable bonds is 5. The number of morpholine rings is 1. The van der Waals surface area contributed by atoms with Gasteiger partial charge in [-0.3, -0.25) is 9.59 Å². The van der Waals surface area contributed by atoms with Crippen molar-refractivity contribution in [3.63, 3.8) is 0 Å². The molecule has 0 aromatic heterocycles. The molecule has 2 aliphatic rings. The van der Waals surface area contributed by atoms with Gasteiger partial charge in [-0.15, -0.1) is 0 Å². The number of ether oxygens (including phenoxy) is 1. The molecule has 1 spiro atoms. The van der Waals surface area contributed by atoms with Gasteiger partial charge in [0.05, 0.1) is 12.1 Å². The third-order valence-corrected chi connectivity index (χ3v) is 6.77. The summed E-state index contributed by atoms with van der Waals surface area (Å²) in [6, 6.07) is 7.59. The van der Waals surface area contributed by atoms with Crippen LogP contribution in [0.3, 0.4) is 0 Å². The largest absolute Gasteiger partial charge is 0.369 e. The maximum absolute atomic E-state index is 15.6. The van der Waals surface area contributed by atoms with Crippen LogP contribution in [0.15, 0.2) is 36.4 Å². The highest BCUT2D eigenvalue weighted by Gasteiger charge is 2.56. The van der Waals surface area contributed by atoms with Crippen molar-refractivity contribution < 1.29 is 27.5 Å². The Balaban J connectivity index is 1.74. The zero-order valence-electron chi connectivity index (χ0n) is 18.6. The van der Waals surface area contributed by atoms with Crippen LogP contribution in [0, 0.1) is 35.2 Å². The van der Waals surface area contributed by atoms with Crippen molar-refractivity contribution in [3.8, 4) is 11.1 Å². The van der Waals surface area contributed by atoms with Crippen LogP contribution in [0.4, 0.5) is 13.2 Å². The lowest BCUT2D eigenvalue weighted by molar-refractivity contribution is -0.138. The maximum atomic E-state index is 15.6. The van der Waals surface area contributed by atoms with E-state index in [1.165, 1.54) is 6.07 Å². The quantitative estimate of drug-likeness (QED) is 0.717. The summed E-state index contributed by atoms with van der Waals surface area (Å²) in [4.78, 5) is 25.2. The summed E-state index contributed by atoms with van der Waals surface area (Å²) in [5, 5.41) is 5.90. The lowest BCUT2D eigenvalue weighted by Gasteiger charge is -2.40. The van der Waals surface area contributed by atoms with Crippen LogP contribution in [0.2, 0.25) is 0 Å². The van der Waals surface area contributed by atoms with Gasteiger partial charge < -0.3 is 15.4 Å². The molecule has 4 rings (SSSR count). The first-order valence-electron chi connectivity index (χ1n) is 11.1. The summed E-state index contributed by atoms with van der Waals surface area (Å²) in [6.07, 6.45) is 0.689. The lowest BCUT2D eigenvalue weighted by Crippen LogP contribution is -2.60. The highest BCUT2D eigenvalue weighted by molar-refractivity contribution is 5.82. The second-order valence-electron chi connectivity index (χ2n) is 9.05. The first-order valence-corrected chi connectivity index (χ1v) is 11.1. The van der Waals surface area contributed by atoms with Gasteiger partial charge in [0, 0.05) is 30.0 Å². The van der Waals surface area contributed by atoms with Crippen LogP contribution >= 0.6 is 0 Å². The predicted molar refractivity (Wildman–Crippen MR) is 117 cm³/mol. The molecule has 33 heavy (non-hydrogen) atoms. The van der Waals surface area contributed by atoms with Gasteiger partial charge in [-0.05, 0) is 48.9 Å². The van der Waals surface area contributed by atoms with E-state index in [0.29, 0.717) is 18.5 Å². The molecule has 1 heterocycles. The standard InChI is InChI=1S/C25H27F3N2O3/c1-3-29-24(32)22-14(2)11-25(13-33-12-21(31)30-25)20(22)9-15-5-4-6-19(23(15)28)16-7-17(26)10-18(27)8-16/h4-8,10,14,20,22H,3,9,11-13H2,1-2H3,(H,29,32)(H,30,31)/t14-,20?,22?,25?/m1/s1. The molecule has 2 fully saturated rings. The van der Waals surface area contributed by atoms with Crippen molar-refractivity contribution in [2.45, 2.75) is 32.2 Å². The summed E-state index contributed by atoms with van der Waals surface area (Å²) < 4.78 is 48.7. The van der Waals surface area contributed by atoms with E-state index in [2.05, 4.69) is 10.6 Å². The van der Waals surface area contributed by atoms with E-state index in [1.807, 2.05) is 13.8 Å². The molecule has 2 aromatic rings. The Kier molecular flexibility index (Phi) is 6.47. The van der Waals surface area contributed by atoms with Crippen LogP contribution in [0.1, 0.15) is 25.8 Å². The Morgan fingerprint density at radius 3 is 2.61 bits per heavy atom. The van der Waals surface area contributed by atoms with Gasteiger partial charge in [-0.1, -0.05) is 25.1 Å². The minimum absolute atomic E-state index is 0.0519. The fourth-order valence-corrected chi connectivity index (χ4v) is 5.54. The Bertz CT molecular complexity index is 1060. The van der Waals surface area contributed by atoms with Gasteiger partial charge in [0.1, 0.15) is 24.1 Å². The topological polar surface area (TPSA) is 67.4 Å². The van der Waals surface area contributed by atoms with Gasteiger partial charge in [-0.2, -0.15) is 0 Å². The number of amides is 2. The highest BCUT2D eigenvalue weighted by Crippen LogP contribution is 2.47. The van der Waals surface area contributed by atoms with E-state index in [-0.39, 0.29) is 48.5 Å². The number of benzene rings is 2. The Hall–Kier alpha value is -2.87. The molecular formula is C25H27F3N2O3. The van der Waals surface area contributed by atoms with Gasteiger partial charge in [0.15, 0.2) is 0 Å². The van der Waals surface area contributed by atoms with Crippen LogP contribution in [0.5, 0.6) is 0 Å². The molecule has 1 aliphatic heterocycles. The normalized spacial score (nSPS) is 26.9. The first kappa shape index (κ1) is 23.3. The van der Waals surface area contributed by atoms with Gasteiger partial charge >= 0.3 is 0 Å². The van der Waals surface area contributed by atoms with Gasteiger partial charge in [-0.25, -0.2) is 13.2 Å². The minimum atomic E-state index is -0.795. The molecule has 2 N–H and O–H groups in total. The van der Waals surface area contributed by atoms with Crippen molar-refractivity contribution in [2.75, 3.05) is 19.8 Å². The third kappa shape index (κ3) is 4.49. The van der Waals surface area contributed by atoms with Crippen LogP contribution in [-0.4, -0.2) is 37.1 Å². The van der Waals surface area contributed by atoms with Gasteiger partial charge in [0.2, 0.25) is 11.8 Å². The van der Waals surface area contributed by atoms with E-state index < -0.39 is 34.8 Å². The molecule has 1 saturated heterocycles. The number of carbonyl (C=O) groups is 2. The molecule has 0 bridgehead atoms. The second kappa shape index (κ2) is 9.17. The summed E-state index contributed by atoms with van der Waals surface area (Å²) in [5.74, 6) is -3.54. The van der Waals surface area contributed by atoms with E-state index in [0.717, 1.165) is 18.2 Å². The molecule has 176 valence electrons. The zero-order chi connectivity index (χ0) is 23.8. The van der Waals surface area contributed by atoms with Gasteiger partial charge in [0.25, 0.3) is 0 Å². The maximum Gasteiger partial charge on any atom is 0.246 e. The monoisotopic (exact) mass is 460 g/mol. The van der Waals surface area contributed by atoms with Crippen molar-refractivity contribution in [3.05, 3.63) is 59.4 Å². The number of nitrogens with one attached hydrogen (secondary N) is 2. The predicted octanol–water partition coefficient (Wildman–Crippen LogP) is 3.61. The van der Waals surface area contributed by atoms with Crippen LogP contribution in [-0.2, 0) is 20.7 Å². The fourth-order valence-electron chi connectivity index (χ4n) is 5.54. The fraction of sp³-hybridized carbons (Fsp3) is 0.440. The molecule has 2 amide bonds. The summed E-state index contributed by atoms with van der Waals surface area (Å²) >= 11 is 0. The molecule has 2 aromatic carbocycles. The number of halogens is 3. The average molecular weight is 460 g/mol. The van der Waals surface area contributed by atoms with Crippen molar-refractivity contribution in [1.29, 1.82) is 0 Å². The highest BCUT2D eigenvalue weighted by atomic mass is 19.1. The van der Waals surface area contributed by atoms with E-state index in [4.69, 9.17) is 4.74 Å². The molecule has 5 nitrogen and oxygen atoms in total. The molecule has 1 aliphatic carbocycles. The third-order valence-electron chi connectivity index (χ3n) is 6.77. The van der Waals surface area contributed by atoms with Crippen molar-refractivity contribution >= 4 is 11.8 Å².